The Labute approximate surface area is 250 Å². The highest BCUT2D eigenvalue weighted by Gasteiger charge is 2.30. The molecule has 4 aliphatic rings. The van der Waals surface area contributed by atoms with Crippen LogP contribution in [0.25, 0.3) is 0 Å². The van der Waals surface area contributed by atoms with Crippen molar-refractivity contribution in [2.75, 3.05) is 38.8 Å². The summed E-state index contributed by atoms with van der Waals surface area (Å²) in [5.41, 5.74) is 6.93. The first-order chi connectivity index (χ1) is 20.8. The van der Waals surface area contributed by atoms with E-state index in [1.54, 1.807) is 0 Å². The van der Waals surface area contributed by atoms with Crippen molar-refractivity contribution < 1.29 is 18.9 Å². The van der Waals surface area contributed by atoms with Crippen molar-refractivity contribution in [2.45, 2.75) is 38.7 Å². The summed E-state index contributed by atoms with van der Waals surface area (Å²) in [7, 11) is -1.24. The van der Waals surface area contributed by atoms with Crippen molar-refractivity contribution in [1.82, 2.24) is 0 Å². The zero-order chi connectivity index (χ0) is 27.9. The minimum absolute atomic E-state index is 0.604. The molecule has 4 aromatic rings. The first kappa shape index (κ1) is 26.7. The number of ether oxygens (including phenoxy) is 4. The largest absolute Gasteiger partial charge is 0.492 e. The third-order valence-electron chi connectivity index (χ3n) is 9.02. The van der Waals surface area contributed by atoms with Crippen LogP contribution in [-0.4, -0.2) is 38.8 Å². The Morgan fingerprint density at radius 1 is 0.476 bits per heavy atom. The first-order valence-corrected chi connectivity index (χ1v) is 18.4. The average molecular weight is 595 g/mol. The summed E-state index contributed by atoms with van der Waals surface area (Å²) < 4.78 is 24.9. The molecule has 1 atom stereocenters. The Balaban J connectivity index is 1.16. The van der Waals surface area contributed by atoms with E-state index in [0.717, 1.165) is 88.1 Å². The Bertz CT molecular complexity index is 1580. The molecule has 4 heterocycles. The summed E-state index contributed by atoms with van der Waals surface area (Å²) in [6, 6.07) is 27.3. The van der Waals surface area contributed by atoms with Crippen LogP contribution in [0.15, 0.2) is 72.8 Å². The molecular formula is C36H36O4P2. The van der Waals surface area contributed by atoms with Crippen LogP contribution < -0.4 is 35.4 Å². The molecule has 0 bridgehead atoms. The summed E-state index contributed by atoms with van der Waals surface area (Å²) in [6.07, 6.45) is 7.36. The predicted octanol–water partition coefficient (Wildman–Crippen LogP) is 5.52. The molecule has 0 fully saturated rings. The van der Waals surface area contributed by atoms with Crippen LogP contribution in [0.3, 0.4) is 0 Å². The molecule has 0 N–H and O–H groups in total. The lowest BCUT2D eigenvalue weighted by molar-refractivity contribution is 0.111. The summed E-state index contributed by atoms with van der Waals surface area (Å²) in [5.74, 6) is 3.40. The monoisotopic (exact) mass is 594 g/mol. The van der Waals surface area contributed by atoms with Gasteiger partial charge in [-0.3, -0.25) is 0 Å². The molecule has 4 nitrogen and oxygen atoms in total. The van der Waals surface area contributed by atoms with Crippen LogP contribution in [0, 0.1) is 0 Å². The topological polar surface area (TPSA) is 36.9 Å². The van der Waals surface area contributed by atoms with Crippen molar-refractivity contribution in [1.29, 1.82) is 0 Å². The zero-order valence-electron chi connectivity index (χ0n) is 23.9. The highest BCUT2D eigenvalue weighted by atomic mass is 31.1. The van der Waals surface area contributed by atoms with Gasteiger partial charge in [0.2, 0.25) is 0 Å². The van der Waals surface area contributed by atoms with E-state index in [1.807, 2.05) is 0 Å². The van der Waals surface area contributed by atoms with E-state index in [1.165, 1.54) is 49.0 Å². The van der Waals surface area contributed by atoms with Gasteiger partial charge in [0.1, 0.15) is 17.2 Å². The van der Waals surface area contributed by atoms with Crippen molar-refractivity contribution >= 4 is 37.1 Å². The number of rotatable bonds is 8. The second kappa shape index (κ2) is 11.6. The summed E-state index contributed by atoms with van der Waals surface area (Å²) in [4.78, 5) is 0. The van der Waals surface area contributed by atoms with E-state index >= 15 is 0 Å². The van der Waals surface area contributed by atoms with Crippen molar-refractivity contribution in [3.63, 3.8) is 0 Å². The van der Waals surface area contributed by atoms with E-state index in [4.69, 9.17) is 18.9 Å². The van der Waals surface area contributed by atoms with Gasteiger partial charge in [-0.15, -0.1) is 0 Å². The van der Waals surface area contributed by atoms with Crippen LogP contribution >= 0.6 is 15.8 Å². The molecule has 214 valence electrons. The normalized spacial score (nSPS) is 17.1. The summed E-state index contributed by atoms with van der Waals surface area (Å²) in [5, 5.41) is 5.63. The Hall–Kier alpha value is -2.90. The first-order valence-electron chi connectivity index (χ1n) is 15.3. The number of benzene rings is 4. The lowest BCUT2D eigenvalue weighted by atomic mass is 10.0. The number of hydrogen-bond donors (Lipinski definition) is 0. The molecule has 0 saturated heterocycles. The second-order valence-electron chi connectivity index (χ2n) is 11.5. The van der Waals surface area contributed by atoms with Crippen molar-refractivity contribution in [3.05, 3.63) is 101 Å². The molecule has 4 aliphatic heterocycles. The van der Waals surface area contributed by atoms with Crippen molar-refractivity contribution in [2.24, 2.45) is 0 Å². The van der Waals surface area contributed by atoms with Gasteiger partial charge in [-0.1, -0.05) is 72.8 Å². The fourth-order valence-electron chi connectivity index (χ4n) is 6.99. The lowest BCUT2D eigenvalue weighted by Crippen LogP contribution is -2.24. The van der Waals surface area contributed by atoms with Crippen LogP contribution in [0.4, 0.5) is 0 Å². The summed E-state index contributed by atoms with van der Waals surface area (Å²) in [6.45, 7) is 3.88. The molecule has 1 unspecified atom stereocenters. The molecule has 6 heteroatoms. The van der Waals surface area contributed by atoms with Crippen LogP contribution in [0.5, 0.6) is 17.2 Å². The van der Waals surface area contributed by atoms with Crippen LogP contribution in [-0.2, 0) is 37.0 Å². The Morgan fingerprint density at radius 3 is 1.43 bits per heavy atom. The van der Waals surface area contributed by atoms with Gasteiger partial charge in [0.25, 0.3) is 0 Å². The van der Waals surface area contributed by atoms with Gasteiger partial charge in [-0.25, -0.2) is 0 Å². The van der Waals surface area contributed by atoms with E-state index in [-0.39, 0.29) is 0 Å². The molecule has 0 aliphatic carbocycles. The summed E-state index contributed by atoms with van der Waals surface area (Å²) >= 11 is 0. The van der Waals surface area contributed by atoms with E-state index in [2.05, 4.69) is 72.8 Å². The average Bonchev–Trinajstić information content (AvgIpc) is 3.82. The van der Waals surface area contributed by atoms with E-state index in [9.17, 15) is 0 Å². The second-order valence-corrected chi connectivity index (χ2v) is 16.0. The fourth-order valence-corrected chi connectivity index (χ4v) is 12.6. The fraction of sp³-hybridized carbons (Fsp3) is 0.333. The highest BCUT2D eigenvalue weighted by molar-refractivity contribution is 7.74. The maximum Gasteiger partial charge on any atom is 0.130 e. The van der Waals surface area contributed by atoms with Gasteiger partial charge in [-0.2, -0.15) is 0 Å². The van der Waals surface area contributed by atoms with Gasteiger partial charge < -0.3 is 18.9 Å². The van der Waals surface area contributed by atoms with Gasteiger partial charge in [-0.05, 0) is 74.1 Å². The number of para-hydroxylation sites is 3. The minimum Gasteiger partial charge on any atom is -0.492 e. The number of fused-ring (bicyclic) bond motifs is 4. The molecule has 0 amide bonds. The zero-order valence-corrected chi connectivity index (χ0v) is 25.7. The van der Waals surface area contributed by atoms with Gasteiger partial charge in [0.05, 0.1) is 33.0 Å². The standard InChI is InChI=1S/C36H36O4P2/c1-6-25-14-18-37-24-29(25)30(10-1)41(31-11-2-7-26-15-19-38-34(26)31)22-5-23-42(32-12-3-8-27-16-20-39-35(27)32)33-13-4-9-28-17-21-40-36(28)33/h1-4,6-13H,5,14-24H2. The maximum atomic E-state index is 6.30. The Morgan fingerprint density at radius 2 is 0.905 bits per heavy atom. The molecule has 8 rings (SSSR count). The predicted molar refractivity (Wildman–Crippen MR) is 173 cm³/mol. The molecule has 0 spiro atoms. The highest BCUT2D eigenvalue weighted by Crippen LogP contribution is 2.47. The third kappa shape index (κ3) is 4.83. The van der Waals surface area contributed by atoms with Crippen molar-refractivity contribution in [3.8, 4) is 17.2 Å². The van der Waals surface area contributed by atoms with E-state index in [0.29, 0.717) is 6.61 Å². The smallest absolute Gasteiger partial charge is 0.130 e. The maximum absolute atomic E-state index is 6.30. The van der Waals surface area contributed by atoms with Crippen LogP contribution in [0.1, 0.15) is 34.2 Å². The lowest BCUT2D eigenvalue weighted by Gasteiger charge is -2.28. The molecule has 0 aromatic heterocycles. The SMILES string of the molecule is c1cc2c(c(P(CCCP(c3cccc4c3OCC4)c3cccc4c3OCC4)c3cccc4c3OCC4)c1)COCC2. The molecule has 0 saturated carbocycles. The number of hydrogen-bond acceptors (Lipinski definition) is 4. The van der Waals surface area contributed by atoms with E-state index < -0.39 is 15.8 Å². The minimum atomic E-state index is -0.635. The Kier molecular flexibility index (Phi) is 7.41. The third-order valence-corrected chi connectivity index (χ3v) is 14.3. The molecule has 4 aromatic carbocycles. The quantitative estimate of drug-likeness (QED) is 0.252. The molecule has 0 radical (unpaired) electrons. The van der Waals surface area contributed by atoms with Gasteiger partial charge >= 0.3 is 0 Å². The van der Waals surface area contributed by atoms with Gasteiger partial charge in [0.15, 0.2) is 0 Å². The molecule has 42 heavy (non-hydrogen) atoms. The van der Waals surface area contributed by atoms with Crippen LogP contribution in [0.2, 0.25) is 0 Å². The van der Waals surface area contributed by atoms with Gasteiger partial charge in [0, 0.05) is 35.2 Å². The molecular weight excluding hydrogens is 558 g/mol.